The molecule has 5 heteroatoms. The molecule has 2 rings (SSSR count). The summed E-state index contributed by atoms with van der Waals surface area (Å²) in [4.78, 5) is 11.9. The summed E-state index contributed by atoms with van der Waals surface area (Å²) in [7, 11) is 1.57. The van der Waals surface area contributed by atoms with Crippen molar-refractivity contribution < 1.29 is 9.53 Å². The second-order valence-electron chi connectivity index (χ2n) is 4.23. The standard InChI is InChI=1S/C11H16N2O2S/c1-5-4-7(5)13-11-9(15-3)8(12)10(16-11)6(2)14/h5,7,13H,4,12H2,1-3H3. The third-order valence-corrected chi connectivity index (χ3v) is 4.07. The molecule has 2 unspecified atom stereocenters. The van der Waals surface area contributed by atoms with Gasteiger partial charge in [0, 0.05) is 13.0 Å². The minimum atomic E-state index is -0.0160. The number of nitrogens with two attached hydrogens (primary N) is 1. The first-order valence-corrected chi connectivity index (χ1v) is 6.10. The van der Waals surface area contributed by atoms with Crippen LogP contribution in [0.2, 0.25) is 0 Å². The number of carbonyl (C=O) groups is 1. The lowest BCUT2D eigenvalue weighted by atomic mass is 10.3. The molecule has 0 saturated heterocycles. The van der Waals surface area contributed by atoms with Gasteiger partial charge in [-0.2, -0.15) is 0 Å². The minimum Gasteiger partial charge on any atom is -0.492 e. The number of ether oxygens (including phenoxy) is 1. The van der Waals surface area contributed by atoms with E-state index in [0.717, 1.165) is 11.4 Å². The third kappa shape index (κ3) is 1.87. The number of carbonyl (C=O) groups excluding carboxylic acids is 1. The second-order valence-corrected chi connectivity index (χ2v) is 5.25. The largest absolute Gasteiger partial charge is 0.492 e. The van der Waals surface area contributed by atoms with Gasteiger partial charge in [-0.15, -0.1) is 11.3 Å². The van der Waals surface area contributed by atoms with Crippen molar-refractivity contribution in [3.05, 3.63) is 4.88 Å². The number of ketones is 1. The van der Waals surface area contributed by atoms with E-state index in [2.05, 4.69) is 12.2 Å². The number of thiophene rings is 1. The first kappa shape index (κ1) is 11.3. The van der Waals surface area contributed by atoms with Crippen molar-refractivity contribution in [2.45, 2.75) is 26.3 Å². The Morgan fingerprint density at radius 1 is 1.62 bits per heavy atom. The van der Waals surface area contributed by atoms with E-state index in [9.17, 15) is 4.79 Å². The Morgan fingerprint density at radius 2 is 2.25 bits per heavy atom. The van der Waals surface area contributed by atoms with Gasteiger partial charge in [0.05, 0.1) is 17.7 Å². The third-order valence-electron chi connectivity index (χ3n) is 2.85. The number of Topliss-reactive ketones (excluding diaryl/α,β-unsaturated/α-hetero) is 1. The first-order chi connectivity index (χ1) is 7.54. The van der Waals surface area contributed by atoms with Gasteiger partial charge in [0.25, 0.3) is 0 Å². The van der Waals surface area contributed by atoms with Crippen molar-refractivity contribution in [3.63, 3.8) is 0 Å². The van der Waals surface area contributed by atoms with E-state index in [1.54, 1.807) is 7.11 Å². The molecule has 0 spiro atoms. The van der Waals surface area contributed by atoms with Gasteiger partial charge in [-0.25, -0.2) is 0 Å². The molecule has 0 amide bonds. The molecular weight excluding hydrogens is 224 g/mol. The summed E-state index contributed by atoms with van der Waals surface area (Å²) in [5, 5.41) is 4.24. The van der Waals surface area contributed by atoms with E-state index in [1.165, 1.54) is 18.3 Å². The molecule has 2 atom stereocenters. The average Bonchev–Trinajstić information content (AvgIpc) is 2.79. The number of rotatable bonds is 4. The fourth-order valence-corrected chi connectivity index (χ4v) is 2.73. The van der Waals surface area contributed by atoms with Crippen LogP contribution in [0, 0.1) is 5.92 Å². The summed E-state index contributed by atoms with van der Waals surface area (Å²) in [6, 6.07) is 0.492. The lowest BCUT2D eigenvalue weighted by Crippen LogP contribution is -2.03. The van der Waals surface area contributed by atoms with Crippen LogP contribution in [0.5, 0.6) is 5.75 Å². The molecule has 1 fully saturated rings. The van der Waals surface area contributed by atoms with Crippen LogP contribution in [0.15, 0.2) is 0 Å². The van der Waals surface area contributed by atoms with Crippen molar-refractivity contribution in [2.75, 3.05) is 18.2 Å². The van der Waals surface area contributed by atoms with E-state index in [4.69, 9.17) is 10.5 Å². The lowest BCUT2D eigenvalue weighted by molar-refractivity contribution is 0.102. The fourth-order valence-electron chi connectivity index (χ4n) is 1.68. The van der Waals surface area contributed by atoms with Gasteiger partial charge in [-0.05, 0) is 12.3 Å². The molecule has 1 aliphatic rings. The summed E-state index contributed by atoms with van der Waals surface area (Å²) in [6.07, 6.45) is 1.16. The Bertz CT molecular complexity index is 428. The van der Waals surface area contributed by atoms with Crippen molar-refractivity contribution >= 4 is 27.8 Å². The summed E-state index contributed by atoms with van der Waals surface area (Å²) >= 11 is 1.38. The highest BCUT2D eigenvalue weighted by Gasteiger charge is 2.34. The Morgan fingerprint density at radius 3 is 2.69 bits per heavy atom. The predicted molar refractivity (Wildman–Crippen MR) is 66.5 cm³/mol. The van der Waals surface area contributed by atoms with Crippen LogP contribution in [-0.2, 0) is 0 Å². The number of nitrogens with one attached hydrogen (secondary N) is 1. The Kier molecular flexibility index (Phi) is 2.80. The fraction of sp³-hybridized carbons (Fsp3) is 0.545. The van der Waals surface area contributed by atoms with Crippen molar-refractivity contribution in [3.8, 4) is 5.75 Å². The van der Waals surface area contributed by atoms with E-state index in [-0.39, 0.29) is 5.78 Å². The lowest BCUT2D eigenvalue weighted by Gasteiger charge is -2.05. The number of hydrogen-bond donors (Lipinski definition) is 2. The SMILES string of the molecule is COc1c(NC2CC2C)sc(C(C)=O)c1N. The van der Waals surface area contributed by atoms with Crippen molar-refractivity contribution in [2.24, 2.45) is 5.92 Å². The van der Waals surface area contributed by atoms with Crippen LogP contribution in [0.1, 0.15) is 29.9 Å². The van der Waals surface area contributed by atoms with E-state index in [1.807, 2.05) is 0 Å². The molecule has 1 saturated carbocycles. The zero-order chi connectivity index (χ0) is 11.9. The molecule has 0 aliphatic heterocycles. The molecule has 1 heterocycles. The molecule has 1 aliphatic carbocycles. The molecule has 0 bridgehead atoms. The van der Waals surface area contributed by atoms with Crippen LogP contribution < -0.4 is 15.8 Å². The number of hydrogen-bond acceptors (Lipinski definition) is 5. The maximum atomic E-state index is 11.4. The number of anilines is 2. The van der Waals surface area contributed by atoms with Gasteiger partial charge in [-0.1, -0.05) is 6.92 Å². The van der Waals surface area contributed by atoms with Gasteiger partial charge >= 0.3 is 0 Å². The molecule has 16 heavy (non-hydrogen) atoms. The van der Waals surface area contributed by atoms with Crippen LogP contribution in [0.25, 0.3) is 0 Å². The van der Waals surface area contributed by atoms with Gasteiger partial charge in [0.2, 0.25) is 0 Å². The number of methoxy groups -OCH3 is 1. The smallest absolute Gasteiger partial charge is 0.176 e. The van der Waals surface area contributed by atoms with E-state index >= 15 is 0 Å². The van der Waals surface area contributed by atoms with E-state index in [0.29, 0.717) is 28.3 Å². The average molecular weight is 240 g/mol. The van der Waals surface area contributed by atoms with E-state index < -0.39 is 0 Å². The molecule has 1 aromatic rings. The van der Waals surface area contributed by atoms with Crippen LogP contribution in [0.3, 0.4) is 0 Å². The van der Waals surface area contributed by atoms with Gasteiger partial charge < -0.3 is 15.8 Å². The zero-order valence-electron chi connectivity index (χ0n) is 9.66. The highest BCUT2D eigenvalue weighted by atomic mass is 32.1. The predicted octanol–water partition coefficient (Wildman–Crippen LogP) is 2.36. The Hall–Kier alpha value is -1.23. The van der Waals surface area contributed by atoms with Crippen LogP contribution in [-0.4, -0.2) is 18.9 Å². The second kappa shape index (κ2) is 3.97. The normalized spacial score (nSPS) is 22.9. The van der Waals surface area contributed by atoms with Crippen molar-refractivity contribution in [1.29, 1.82) is 0 Å². The molecule has 0 aromatic carbocycles. The zero-order valence-corrected chi connectivity index (χ0v) is 10.5. The molecule has 0 radical (unpaired) electrons. The Balaban J connectivity index is 2.29. The monoisotopic (exact) mass is 240 g/mol. The molecule has 88 valence electrons. The molecule has 4 nitrogen and oxygen atoms in total. The number of nitrogen functional groups attached to an aromatic ring is 1. The highest BCUT2D eigenvalue weighted by Crippen LogP contribution is 2.45. The van der Waals surface area contributed by atoms with Gasteiger partial charge in [0.1, 0.15) is 5.00 Å². The summed E-state index contributed by atoms with van der Waals surface area (Å²) < 4.78 is 5.24. The maximum absolute atomic E-state index is 11.4. The molecule has 1 aromatic heterocycles. The molecular formula is C11H16N2O2S. The highest BCUT2D eigenvalue weighted by molar-refractivity contribution is 7.19. The quantitative estimate of drug-likeness (QED) is 0.793. The molecule has 3 N–H and O–H groups in total. The topological polar surface area (TPSA) is 64.3 Å². The van der Waals surface area contributed by atoms with Crippen LogP contribution >= 0.6 is 11.3 Å². The van der Waals surface area contributed by atoms with Gasteiger partial charge in [-0.3, -0.25) is 4.79 Å². The van der Waals surface area contributed by atoms with Gasteiger partial charge in [0.15, 0.2) is 11.5 Å². The van der Waals surface area contributed by atoms with Crippen molar-refractivity contribution in [1.82, 2.24) is 0 Å². The minimum absolute atomic E-state index is 0.0160. The summed E-state index contributed by atoms with van der Waals surface area (Å²) in [5.74, 6) is 1.28. The maximum Gasteiger partial charge on any atom is 0.176 e. The first-order valence-electron chi connectivity index (χ1n) is 5.28. The van der Waals surface area contributed by atoms with Crippen LogP contribution in [0.4, 0.5) is 10.7 Å². The summed E-state index contributed by atoms with van der Waals surface area (Å²) in [5.41, 5.74) is 6.33. The Labute approximate surface area is 98.8 Å². The summed E-state index contributed by atoms with van der Waals surface area (Å²) in [6.45, 7) is 3.71.